The molecule has 21 heavy (non-hydrogen) atoms. The number of rotatable bonds is 5. The third kappa shape index (κ3) is 4.01. The van der Waals surface area contributed by atoms with Crippen molar-refractivity contribution < 1.29 is 9.47 Å². The molecule has 0 amide bonds. The number of benzene rings is 2. The van der Waals surface area contributed by atoms with E-state index in [0.717, 1.165) is 21.5 Å². The van der Waals surface area contributed by atoms with E-state index >= 15 is 0 Å². The molecule has 2 aromatic carbocycles. The van der Waals surface area contributed by atoms with Crippen molar-refractivity contribution in [1.29, 1.82) is 0 Å². The fourth-order valence-electron chi connectivity index (χ4n) is 2.19. The number of aryl methyl sites for hydroxylation is 1. The van der Waals surface area contributed by atoms with Crippen LogP contribution in [0.1, 0.15) is 36.5 Å². The summed E-state index contributed by atoms with van der Waals surface area (Å²) < 4.78 is 12.4. The molecule has 0 radical (unpaired) electrons. The average Bonchev–Trinajstić information content (AvgIpc) is 2.46. The van der Waals surface area contributed by atoms with Crippen LogP contribution in [0.4, 0.5) is 0 Å². The van der Waals surface area contributed by atoms with Crippen molar-refractivity contribution >= 4 is 15.9 Å². The molecule has 0 heterocycles. The maximum absolute atomic E-state index is 6.06. The van der Waals surface area contributed by atoms with Gasteiger partial charge in [0.25, 0.3) is 0 Å². The second-order valence-electron chi connectivity index (χ2n) is 5.44. The highest BCUT2D eigenvalue weighted by molar-refractivity contribution is 9.10. The summed E-state index contributed by atoms with van der Waals surface area (Å²) in [5, 5.41) is 0. The molecule has 0 unspecified atom stereocenters. The predicted molar refractivity (Wildman–Crippen MR) is 90.3 cm³/mol. The topological polar surface area (TPSA) is 18.5 Å². The third-order valence-electron chi connectivity index (χ3n) is 3.43. The lowest BCUT2D eigenvalue weighted by Gasteiger charge is -2.16. The van der Waals surface area contributed by atoms with Crippen LogP contribution in [0.25, 0.3) is 0 Å². The molecule has 3 heteroatoms. The van der Waals surface area contributed by atoms with Gasteiger partial charge in [-0.3, -0.25) is 0 Å². The minimum absolute atomic E-state index is 0.439. The van der Waals surface area contributed by atoms with Crippen LogP contribution in [-0.2, 0) is 6.61 Å². The zero-order valence-electron chi connectivity index (χ0n) is 12.9. The second kappa shape index (κ2) is 6.99. The van der Waals surface area contributed by atoms with Gasteiger partial charge in [-0.05, 0) is 48.2 Å². The third-order valence-corrected chi connectivity index (χ3v) is 4.20. The standard InChI is InChI=1S/C18H21BrO2/c1-12(2)16-7-5-13(3)9-18(16)21-11-14-10-15(20-4)6-8-17(14)19/h5-10,12H,11H2,1-4H3. The number of methoxy groups -OCH3 is 1. The summed E-state index contributed by atoms with van der Waals surface area (Å²) in [6.07, 6.45) is 0. The molecule has 2 rings (SSSR count). The largest absolute Gasteiger partial charge is 0.497 e. The Balaban J connectivity index is 2.22. The molecule has 0 aliphatic rings. The normalized spacial score (nSPS) is 10.8. The predicted octanol–water partition coefficient (Wildman–Crippen LogP) is 5.47. The molecule has 0 bridgehead atoms. The quantitative estimate of drug-likeness (QED) is 0.713. The molecule has 0 fully saturated rings. The lowest BCUT2D eigenvalue weighted by molar-refractivity contribution is 0.300. The van der Waals surface area contributed by atoms with Gasteiger partial charge in [-0.25, -0.2) is 0 Å². The van der Waals surface area contributed by atoms with Crippen LogP contribution in [-0.4, -0.2) is 7.11 Å². The Hall–Kier alpha value is -1.48. The minimum atomic E-state index is 0.439. The minimum Gasteiger partial charge on any atom is -0.497 e. The Morgan fingerprint density at radius 1 is 1.10 bits per heavy atom. The molecule has 0 aliphatic carbocycles. The van der Waals surface area contributed by atoms with Gasteiger partial charge in [0.2, 0.25) is 0 Å². The van der Waals surface area contributed by atoms with E-state index in [1.54, 1.807) is 7.11 Å². The average molecular weight is 349 g/mol. The van der Waals surface area contributed by atoms with Gasteiger partial charge in [-0.1, -0.05) is 41.9 Å². The molecular formula is C18H21BrO2. The van der Waals surface area contributed by atoms with Crippen molar-refractivity contribution in [3.63, 3.8) is 0 Å². The molecule has 0 N–H and O–H groups in total. The summed E-state index contributed by atoms with van der Waals surface area (Å²) in [6, 6.07) is 12.3. The Morgan fingerprint density at radius 3 is 2.52 bits per heavy atom. The lowest BCUT2D eigenvalue weighted by atomic mass is 10.0. The number of hydrogen-bond donors (Lipinski definition) is 0. The summed E-state index contributed by atoms with van der Waals surface area (Å²) >= 11 is 3.56. The highest BCUT2D eigenvalue weighted by atomic mass is 79.9. The highest BCUT2D eigenvalue weighted by Gasteiger charge is 2.10. The lowest BCUT2D eigenvalue weighted by Crippen LogP contribution is -2.01. The molecular weight excluding hydrogens is 328 g/mol. The zero-order chi connectivity index (χ0) is 15.4. The summed E-state index contributed by atoms with van der Waals surface area (Å²) in [4.78, 5) is 0. The molecule has 2 nitrogen and oxygen atoms in total. The molecule has 0 spiro atoms. The van der Waals surface area contributed by atoms with E-state index in [-0.39, 0.29) is 0 Å². The summed E-state index contributed by atoms with van der Waals surface area (Å²) in [6.45, 7) is 6.96. The fourth-order valence-corrected chi connectivity index (χ4v) is 2.55. The fraction of sp³-hybridized carbons (Fsp3) is 0.333. The molecule has 112 valence electrons. The van der Waals surface area contributed by atoms with E-state index in [2.05, 4.69) is 54.9 Å². The van der Waals surface area contributed by atoms with E-state index in [1.165, 1.54) is 11.1 Å². The second-order valence-corrected chi connectivity index (χ2v) is 6.30. The number of hydrogen-bond acceptors (Lipinski definition) is 2. The highest BCUT2D eigenvalue weighted by Crippen LogP contribution is 2.29. The van der Waals surface area contributed by atoms with Crippen LogP contribution in [0.15, 0.2) is 40.9 Å². The molecule has 0 atom stereocenters. The van der Waals surface area contributed by atoms with Crippen LogP contribution in [0.3, 0.4) is 0 Å². The molecule has 0 saturated heterocycles. The van der Waals surface area contributed by atoms with Crippen molar-refractivity contribution in [1.82, 2.24) is 0 Å². The Labute approximate surface area is 135 Å². The first-order valence-corrected chi connectivity index (χ1v) is 7.86. The number of ether oxygens (including phenoxy) is 2. The van der Waals surface area contributed by atoms with Gasteiger partial charge >= 0.3 is 0 Å². The maximum atomic E-state index is 6.06. The molecule has 0 aromatic heterocycles. The van der Waals surface area contributed by atoms with Crippen LogP contribution < -0.4 is 9.47 Å². The van der Waals surface area contributed by atoms with E-state index in [1.807, 2.05) is 18.2 Å². The van der Waals surface area contributed by atoms with E-state index in [9.17, 15) is 0 Å². The Morgan fingerprint density at radius 2 is 1.86 bits per heavy atom. The Bertz CT molecular complexity index is 621. The first-order chi connectivity index (χ1) is 10.0. The van der Waals surface area contributed by atoms with Crippen LogP contribution in [0.5, 0.6) is 11.5 Å². The first-order valence-electron chi connectivity index (χ1n) is 7.07. The first kappa shape index (κ1) is 15.9. The van der Waals surface area contributed by atoms with Crippen molar-refractivity contribution in [2.75, 3.05) is 7.11 Å². The SMILES string of the molecule is COc1ccc(Br)c(COc2cc(C)ccc2C(C)C)c1. The monoisotopic (exact) mass is 348 g/mol. The van der Waals surface area contributed by atoms with Crippen LogP contribution in [0.2, 0.25) is 0 Å². The van der Waals surface area contributed by atoms with Gasteiger partial charge < -0.3 is 9.47 Å². The summed E-state index contributed by atoms with van der Waals surface area (Å²) in [5.41, 5.74) is 3.52. The van der Waals surface area contributed by atoms with Crippen LogP contribution in [0, 0.1) is 6.92 Å². The smallest absolute Gasteiger partial charge is 0.123 e. The van der Waals surface area contributed by atoms with E-state index < -0.39 is 0 Å². The molecule has 0 aliphatic heterocycles. The zero-order valence-corrected chi connectivity index (χ0v) is 14.5. The van der Waals surface area contributed by atoms with Crippen molar-refractivity contribution in [3.8, 4) is 11.5 Å². The van der Waals surface area contributed by atoms with Crippen LogP contribution >= 0.6 is 15.9 Å². The van der Waals surface area contributed by atoms with Crippen molar-refractivity contribution in [2.45, 2.75) is 33.3 Å². The maximum Gasteiger partial charge on any atom is 0.123 e. The van der Waals surface area contributed by atoms with Gasteiger partial charge in [0.15, 0.2) is 0 Å². The van der Waals surface area contributed by atoms with Gasteiger partial charge in [0.1, 0.15) is 18.1 Å². The molecule has 0 saturated carbocycles. The van der Waals surface area contributed by atoms with Gasteiger partial charge in [-0.15, -0.1) is 0 Å². The van der Waals surface area contributed by atoms with Crippen molar-refractivity contribution in [2.24, 2.45) is 0 Å². The van der Waals surface area contributed by atoms with E-state index in [4.69, 9.17) is 9.47 Å². The Kier molecular flexibility index (Phi) is 5.29. The van der Waals surface area contributed by atoms with Crippen molar-refractivity contribution in [3.05, 3.63) is 57.6 Å². The molecule has 2 aromatic rings. The van der Waals surface area contributed by atoms with E-state index in [0.29, 0.717) is 12.5 Å². The van der Waals surface area contributed by atoms with Gasteiger partial charge in [0.05, 0.1) is 7.11 Å². The van der Waals surface area contributed by atoms with Gasteiger partial charge in [-0.2, -0.15) is 0 Å². The van der Waals surface area contributed by atoms with Gasteiger partial charge in [0, 0.05) is 10.0 Å². The summed E-state index contributed by atoms with van der Waals surface area (Å²) in [7, 11) is 1.67. The summed E-state index contributed by atoms with van der Waals surface area (Å²) in [5.74, 6) is 2.24. The number of halogens is 1.